The molecule has 0 fully saturated rings. The van der Waals surface area contributed by atoms with Gasteiger partial charge in [0.25, 0.3) is 0 Å². The molecule has 0 amide bonds. The van der Waals surface area contributed by atoms with Crippen LogP contribution in [0.15, 0.2) is 150 Å². The van der Waals surface area contributed by atoms with Crippen LogP contribution < -0.4 is 10.4 Å². The summed E-state index contributed by atoms with van der Waals surface area (Å²) < 4.78 is 2.82. The molecular formula is C52H34S2. The predicted molar refractivity (Wildman–Crippen MR) is 236 cm³/mol. The summed E-state index contributed by atoms with van der Waals surface area (Å²) >= 11 is 4.01. The molecule has 254 valence electrons. The fourth-order valence-corrected chi connectivity index (χ4v) is 12.2. The van der Waals surface area contributed by atoms with Gasteiger partial charge in [0.1, 0.15) is 0 Å². The first kappa shape index (κ1) is 30.8. The van der Waals surface area contributed by atoms with E-state index in [1.807, 2.05) is 23.1 Å². The van der Waals surface area contributed by atoms with Crippen molar-refractivity contribution in [2.45, 2.75) is 29.4 Å². The van der Waals surface area contributed by atoms with Gasteiger partial charge in [0.2, 0.25) is 0 Å². The molecule has 0 saturated carbocycles. The predicted octanol–water partition coefficient (Wildman–Crippen LogP) is 13.3. The van der Waals surface area contributed by atoms with Gasteiger partial charge in [-0.05, 0) is 143 Å². The zero-order valence-corrected chi connectivity index (χ0v) is 31.2. The van der Waals surface area contributed by atoms with E-state index in [0.29, 0.717) is 5.25 Å². The molecule has 8 aromatic carbocycles. The molecule has 0 saturated heterocycles. The van der Waals surface area contributed by atoms with Gasteiger partial charge in [-0.2, -0.15) is 0 Å². The van der Waals surface area contributed by atoms with Crippen molar-refractivity contribution in [3.63, 3.8) is 0 Å². The molecule has 3 aliphatic rings. The van der Waals surface area contributed by atoms with Crippen LogP contribution in [0.3, 0.4) is 0 Å². The highest BCUT2D eigenvalue weighted by atomic mass is 32.2. The molecule has 0 radical (unpaired) electrons. The van der Waals surface area contributed by atoms with Crippen LogP contribution in [-0.2, 0) is 6.42 Å². The normalized spacial score (nSPS) is 15.7. The van der Waals surface area contributed by atoms with Crippen molar-refractivity contribution in [2.75, 3.05) is 0 Å². The highest BCUT2D eigenvalue weighted by Gasteiger charge is 2.33. The molecule has 0 N–H and O–H groups in total. The van der Waals surface area contributed by atoms with Crippen molar-refractivity contribution < 1.29 is 0 Å². The van der Waals surface area contributed by atoms with Crippen LogP contribution in [0.5, 0.6) is 0 Å². The minimum Gasteiger partial charge on any atom is -0.135 e. The summed E-state index contributed by atoms with van der Waals surface area (Å²) in [5, 5.41) is 11.1. The van der Waals surface area contributed by atoms with Crippen molar-refractivity contribution in [3.05, 3.63) is 173 Å². The maximum atomic E-state index is 2.55. The van der Waals surface area contributed by atoms with Crippen molar-refractivity contribution in [1.82, 2.24) is 0 Å². The maximum absolute atomic E-state index is 2.55. The van der Waals surface area contributed by atoms with Crippen LogP contribution in [0, 0.1) is 0 Å². The Hall–Kier alpha value is -5.67. The summed E-state index contributed by atoms with van der Waals surface area (Å²) in [6.45, 7) is 0. The average Bonchev–Trinajstić information content (AvgIpc) is 3.79. The van der Waals surface area contributed by atoms with E-state index in [1.165, 1.54) is 113 Å². The number of hydrogen-bond donors (Lipinski definition) is 0. The molecule has 0 bridgehead atoms. The number of benzene rings is 8. The smallest absolute Gasteiger partial charge is 0.0394 e. The van der Waals surface area contributed by atoms with E-state index in [4.69, 9.17) is 0 Å². The van der Waals surface area contributed by atoms with Crippen molar-refractivity contribution >= 4 is 88.6 Å². The fourth-order valence-electron chi connectivity index (χ4n) is 9.57. The highest BCUT2D eigenvalue weighted by molar-refractivity contribution is 8.00. The van der Waals surface area contributed by atoms with Gasteiger partial charge in [-0.25, -0.2) is 0 Å². The molecule has 9 aromatic rings. The number of fused-ring (bicyclic) bond motifs is 11. The zero-order valence-electron chi connectivity index (χ0n) is 29.6. The third-order valence-electron chi connectivity index (χ3n) is 12.0. The van der Waals surface area contributed by atoms with Crippen molar-refractivity contribution in [1.29, 1.82) is 0 Å². The SMILES string of the molecule is C1=C2c3ccccc3SC2Cc2c1c(-c1cccc(-c3c4c(c(-c5ccc6ccccc6c5)c5ccccc35)=CCCC=4)c1)cc1c2sc2ccccc21. The van der Waals surface area contributed by atoms with Gasteiger partial charge in [0.05, 0.1) is 0 Å². The zero-order chi connectivity index (χ0) is 35.3. The van der Waals surface area contributed by atoms with Gasteiger partial charge in [-0.3, -0.25) is 0 Å². The van der Waals surface area contributed by atoms with Crippen molar-refractivity contribution in [3.8, 4) is 33.4 Å². The quantitative estimate of drug-likeness (QED) is 0.175. The number of thiophene rings is 1. The second-order valence-electron chi connectivity index (χ2n) is 14.9. The summed E-state index contributed by atoms with van der Waals surface area (Å²) in [5.74, 6) is 0. The van der Waals surface area contributed by atoms with Crippen LogP contribution in [0.1, 0.15) is 29.5 Å². The maximum Gasteiger partial charge on any atom is 0.0394 e. The Labute approximate surface area is 322 Å². The van der Waals surface area contributed by atoms with Gasteiger partial charge >= 0.3 is 0 Å². The molecule has 0 spiro atoms. The number of rotatable bonds is 3. The topological polar surface area (TPSA) is 0 Å². The van der Waals surface area contributed by atoms with E-state index in [9.17, 15) is 0 Å². The average molecular weight is 723 g/mol. The van der Waals surface area contributed by atoms with Crippen LogP contribution >= 0.6 is 23.1 Å². The molecule has 1 aliphatic heterocycles. The van der Waals surface area contributed by atoms with E-state index >= 15 is 0 Å². The monoisotopic (exact) mass is 722 g/mol. The molecule has 2 heterocycles. The first-order chi connectivity index (χ1) is 26.8. The van der Waals surface area contributed by atoms with Crippen LogP contribution in [-0.4, -0.2) is 5.25 Å². The summed E-state index contributed by atoms with van der Waals surface area (Å²) in [4.78, 5) is 1.41. The van der Waals surface area contributed by atoms with Crippen LogP contribution in [0.2, 0.25) is 0 Å². The largest absolute Gasteiger partial charge is 0.135 e. The molecule has 1 unspecified atom stereocenters. The Balaban J connectivity index is 1.11. The third-order valence-corrected chi connectivity index (χ3v) is 14.5. The second kappa shape index (κ2) is 11.9. The summed E-state index contributed by atoms with van der Waals surface area (Å²) in [7, 11) is 0. The number of thioether (sulfide) groups is 1. The van der Waals surface area contributed by atoms with Gasteiger partial charge in [0, 0.05) is 30.3 Å². The van der Waals surface area contributed by atoms with E-state index < -0.39 is 0 Å². The number of hydrogen-bond acceptors (Lipinski definition) is 2. The minimum absolute atomic E-state index is 0.454. The van der Waals surface area contributed by atoms with E-state index in [0.717, 1.165) is 19.3 Å². The first-order valence-corrected chi connectivity index (χ1v) is 20.8. The van der Waals surface area contributed by atoms with E-state index in [-0.39, 0.29) is 0 Å². The molecule has 2 aliphatic carbocycles. The van der Waals surface area contributed by atoms with Crippen molar-refractivity contribution in [2.24, 2.45) is 0 Å². The molecule has 0 nitrogen and oxygen atoms in total. The Bertz CT molecular complexity index is 3230. The lowest BCUT2D eigenvalue weighted by atomic mass is 9.82. The molecular weight excluding hydrogens is 689 g/mol. The first-order valence-electron chi connectivity index (χ1n) is 19.1. The van der Waals surface area contributed by atoms with Gasteiger partial charge in [0.15, 0.2) is 0 Å². The molecule has 12 rings (SSSR count). The van der Waals surface area contributed by atoms with Crippen LogP contribution in [0.25, 0.3) is 98.9 Å². The Morgan fingerprint density at radius 2 is 1.19 bits per heavy atom. The molecule has 1 atom stereocenters. The summed E-state index contributed by atoms with van der Waals surface area (Å²) in [5.41, 5.74) is 13.7. The lowest BCUT2D eigenvalue weighted by molar-refractivity contribution is 1.05. The second-order valence-corrected chi connectivity index (χ2v) is 17.2. The lowest BCUT2D eigenvalue weighted by Gasteiger charge is -2.24. The highest BCUT2D eigenvalue weighted by Crippen LogP contribution is 2.53. The van der Waals surface area contributed by atoms with Gasteiger partial charge in [-0.15, -0.1) is 23.1 Å². The third kappa shape index (κ3) is 4.57. The Morgan fingerprint density at radius 3 is 2.02 bits per heavy atom. The fraction of sp³-hybridized carbons (Fsp3) is 0.0769. The van der Waals surface area contributed by atoms with Gasteiger partial charge < -0.3 is 0 Å². The standard InChI is InChI=1S/C52H34S2/c1-2-13-32-26-35(25-24-31(32)12-1)51-40-20-5-3-18-38(40)50(39-19-4-6-21-41(39)51)34-15-11-14-33(27-34)42-28-45-37-17-8-10-23-48(37)54-52(45)46-30-49-44(29-43(42)46)36-16-7-9-22-47(36)53-49/h1-3,5,7-29,49H,4,6,30H2. The van der Waals surface area contributed by atoms with E-state index in [2.05, 4.69) is 164 Å². The lowest BCUT2D eigenvalue weighted by Crippen LogP contribution is -2.31. The summed E-state index contributed by atoms with van der Waals surface area (Å²) in [6.07, 6.45) is 10.7. The van der Waals surface area contributed by atoms with E-state index in [1.54, 1.807) is 0 Å². The molecule has 54 heavy (non-hydrogen) atoms. The minimum atomic E-state index is 0.454. The molecule has 2 heteroatoms. The Kier molecular flexibility index (Phi) is 6.79. The van der Waals surface area contributed by atoms with Crippen LogP contribution in [0.4, 0.5) is 0 Å². The summed E-state index contributed by atoms with van der Waals surface area (Å²) in [6, 6.07) is 54.7. The molecule has 1 aromatic heterocycles. The Morgan fingerprint density at radius 1 is 0.500 bits per heavy atom. The van der Waals surface area contributed by atoms with Gasteiger partial charge in [-0.1, -0.05) is 127 Å².